The van der Waals surface area contributed by atoms with E-state index in [-0.39, 0.29) is 0 Å². The summed E-state index contributed by atoms with van der Waals surface area (Å²) in [5.74, 6) is 2.63. The lowest BCUT2D eigenvalue weighted by Gasteiger charge is -2.32. The lowest BCUT2D eigenvalue weighted by atomic mass is 10.2. The van der Waals surface area contributed by atoms with Crippen LogP contribution in [0.3, 0.4) is 0 Å². The zero-order valence-corrected chi connectivity index (χ0v) is 18.0. The molecular weight excluding hydrogens is 398 g/mol. The van der Waals surface area contributed by atoms with Crippen molar-refractivity contribution < 1.29 is 9.15 Å². The Kier molecular flexibility index (Phi) is 5.70. The van der Waals surface area contributed by atoms with Crippen LogP contribution >= 0.6 is 11.3 Å². The van der Waals surface area contributed by atoms with Gasteiger partial charge in [0.2, 0.25) is 0 Å². The molecule has 7 nitrogen and oxygen atoms in total. The smallest absolute Gasteiger partial charge is 0.194 e. The Morgan fingerprint density at radius 1 is 1.20 bits per heavy atom. The molecule has 158 valence electrons. The van der Waals surface area contributed by atoms with E-state index in [1.807, 2.05) is 37.4 Å². The molecule has 4 heterocycles. The summed E-state index contributed by atoms with van der Waals surface area (Å²) in [7, 11) is 1.85. The number of fused-ring (bicyclic) bond motifs is 1. The Bertz CT molecular complexity index is 990. The van der Waals surface area contributed by atoms with Gasteiger partial charge in [-0.1, -0.05) is 12.1 Å². The molecule has 2 aliphatic rings. The summed E-state index contributed by atoms with van der Waals surface area (Å²) >= 11 is 1.66. The molecule has 2 fully saturated rings. The summed E-state index contributed by atoms with van der Waals surface area (Å²) in [5.41, 5.74) is 1.01. The number of thiazole rings is 1. The topological polar surface area (TPSA) is 66.1 Å². The number of aliphatic imine (C=N–C) groups is 1. The molecule has 0 aliphatic carbocycles. The van der Waals surface area contributed by atoms with E-state index >= 15 is 0 Å². The number of hydrogen-bond acceptors (Lipinski definition) is 6. The highest BCUT2D eigenvalue weighted by atomic mass is 32.1. The largest absolute Gasteiger partial charge is 0.457 e. The van der Waals surface area contributed by atoms with E-state index < -0.39 is 0 Å². The first kappa shape index (κ1) is 19.5. The summed E-state index contributed by atoms with van der Waals surface area (Å²) in [5, 5.41) is 4.38. The van der Waals surface area contributed by atoms with E-state index in [1.165, 1.54) is 11.1 Å². The molecule has 2 saturated heterocycles. The fraction of sp³-hybridized carbons (Fsp3) is 0.455. The molecule has 1 unspecified atom stereocenters. The number of ether oxygens (including phenoxy) is 1. The maximum Gasteiger partial charge on any atom is 0.194 e. The van der Waals surface area contributed by atoms with Crippen LogP contribution in [0.15, 0.2) is 45.8 Å². The maximum absolute atomic E-state index is 6.06. The Balaban J connectivity index is 1.19. The number of hydrogen-bond donors (Lipinski definition) is 1. The van der Waals surface area contributed by atoms with Crippen molar-refractivity contribution in [3.63, 3.8) is 0 Å². The second kappa shape index (κ2) is 8.75. The number of para-hydroxylation sites is 1. The zero-order chi connectivity index (χ0) is 20.3. The predicted molar refractivity (Wildman–Crippen MR) is 120 cm³/mol. The molecule has 5 rings (SSSR count). The molecule has 2 aliphatic heterocycles. The molecule has 8 heteroatoms. The summed E-state index contributed by atoms with van der Waals surface area (Å²) in [6.07, 6.45) is 1.17. The van der Waals surface area contributed by atoms with Gasteiger partial charge in [-0.3, -0.25) is 9.89 Å². The molecule has 0 bridgehead atoms. The van der Waals surface area contributed by atoms with Crippen molar-refractivity contribution >= 4 is 27.5 Å². The third kappa shape index (κ3) is 4.08. The molecule has 30 heavy (non-hydrogen) atoms. The zero-order valence-electron chi connectivity index (χ0n) is 17.2. The van der Waals surface area contributed by atoms with Crippen molar-refractivity contribution in [1.29, 1.82) is 0 Å². The van der Waals surface area contributed by atoms with Crippen LogP contribution in [0.5, 0.6) is 0 Å². The SMILES string of the molecule is CN=C(NCc1ccc(-c2nc3ccccc3s2)o1)N1CCC(N2CCOCC2)C1. The van der Waals surface area contributed by atoms with Crippen LogP contribution < -0.4 is 5.32 Å². The number of likely N-dealkylation sites (tertiary alicyclic amines) is 1. The van der Waals surface area contributed by atoms with Crippen molar-refractivity contribution in [2.24, 2.45) is 4.99 Å². The van der Waals surface area contributed by atoms with Crippen LogP contribution in [-0.2, 0) is 11.3 Å². The van der Waals surface area contributed by atoms with Gasteiger partial charge < -0.3 is 19.4 Å². The van der Waals surface area contributed by atoms with E-state index in [4.69, 9.17) is 9.15 Å². The minimum absolute atomic E-state index is 0.585. The molecule has 2 aromatic heterocycles. The fourth-order valence-electron chi connectivity index (χ4n) is 4.24. The van der Waals surface area contributed by atoms with Gasteiger partial charge in [-0.2, -0.15) is 0 Å². The standard InChI is InChI=1S/C22H27N5O2S/c1-23-22(27-9-8-16(15-27)26-10-12-28-13-11-26)24-14-17-6-7-19(29-17)21-25-18-4-2-3-5-20(18)30-21/h2-7,16H,8-15H2,1H3,(H,23,24). The fourth-order valence-corrected chi connectivity index (χ4v) is 5.17. The van der Waals surface area contributed by atoms with E-state index in [9.17, 15) is 0 Å². The highest BCUT2D eigenvalue weighted by Gasteiger charge is 2.30. The predicted octanol–water partition coefficient (Wildman–Crippen LogP) is 3.04. The normalized spacial score (nSPS) is 20.9. The van der Waals surface area contributed by atoms with Crippen LogP contribution in [-0.4, -0.2) is 73.2 Å². The number of morpholine rings is 1. The second-order valence-electron chi connectivity index (χ2n) is 7.69. The van der Waals surface area contributed by atoms with Gasteiger partial charge in [0.15, 0.2) is 16.7 Å². The van der Waals surface area contributed by atoms with Gasteiger partial charge in [0.1, 0.15) is 5.76 Å². The Hall–Kier alpha value is -2.42. The summed E-state index contributed by atoms with van der Waals surface area (Å²) in [6, 6.07) is 12.8. The van der Waals surface area contributed by atoms with E-state index in [0.717, 1.165) is 67.4 Å². The van der Waals surface area contributed by atoms with Crippen molar-refractivity contribution in [2.45, 2.75) is 19.0 Å². The second-order valence-corrected chi connectivity index (χ2v) is 8.72. The summed E-state index contributed by atoms with van der Waals surface area (Å²) in [4.78, 5) is 14.1. The highest BCUT2D eigenvalue weighted by Crippen LogP contribution is 2.31. The molecule has 0 amide bonds. The highest BCUT2D eigenvalue weighted by molar-refractivity contribution is 7.21. The lowest BCUT2D eigenvalue weighted by molar-refractivity contribution is 0.0195. The van der Waals surface area contributed by atoms with Crippen LogP contribution in [0, 0.1) is 0 Å². The van der Waals surface area contributed by atoms with Gasteiger partial charge >= 0.3 is 0 Å². The quantitative estimate of drug-likeness (QED) is 0.512. The molecular formula is C22H27N5O2S. The monoisotopic (exact) mass is 425 g/mol. The number of nitrogens with zero attached hydrogens (tertiary/aromatic N) is 4. The molecule has 1 atom stereocenters. The Morgan fingerprint density at radius 2 is 2.07 bits per heavy atom. The molecule has 3 aromatic rings. The summed E-state index contributed by atoms with van der Waals surface area (Å²) in [6.45, 7) is 6.40. The lowest BCUT2D eigenvalue weighted by Crippen LogP contribution is -2.46. The van der Waals surface area contributed by atoms with Crippen LogP contribution in [0.25, 0.3) is 21.0 Å². The number of nitrogens with one attached hydrogen (secondary N) is 1. The maximum atomic E-state index is 6.06. The van der Waals surface area contributed by atoms with Gasteiger partial charge in [-0.05, 0) is 30.7 Å². The van der Waals surface area contributed by atoms with Gasteiger partial charge in [-0.25, -0.2) is 4.98 Å². The number of guanidine groups is 1. The number of rotatable bonds is 4. The molecule has 0 saturated carbocycles. The third-order valence-electron chi connectivity index (χ3n) is 5.82. The minimum atomic E-state index is 0.585. The summed E-state index contributed by atoms with van der Waals surface area (Å²) < 4.78 is 12.7. The first-order valence-electron chi connectivity index (χ1n) is 10.5. The van der Waals surface area contributed by atoms with Crippen LogP contribution in [0.4, 0.5) is 0 Å². The van der Waals surface area contributed by atoms with Crippen molar-refractivity contribution in [3.8, 4) is 10.8 Å². The first-order chi connectivity index (χ1) is 14.8. The van der Waals surface area contributed by atoms with Gasteiger partial charge in [0.25, 0.3) is 0 Å². The van der Waals surface area contributed by atoms with Crippen molar-refractivity contribution in [2.75, 3.05) is 46.4 Å². The van der Waals surface area contributed by atoms with Crippen LogP contribution in [0.2, 0.25) is 0 Å². The number of furan rings is 1. The van der Waals surface area contributed by atoms with E-state index in [2.05, 4.69) is 31.2 Å². The minimum Gasteiger partial charge on any atom is -0.457 e. The van der Waals surface area contributed by atoms with Gasteiger partial charge in [0, 0.05) is 39.3 Å². The van der Waals surface area contributed by atoms with Gasteiger partial charge in [-0.15, -0.1) is 11.3 Å². The average Bonchev–Trinajstić information content (AvgIpc) is 3.54. The first-order valence-corrected chi connectivity index (χ1v) is 11.3. The van der Waals surface area contributed by atoms with Crippen LogP contribution in [0.1, 0.15) is 12.2 Å². The van der Waals surface area contributed by atoms with Gasteiger partial charge in [0.05, 0.1) is 30.0 Å². The molecule has 1 aromatic carbocycles. The Labute approximate surface area is 180 Å². The van der Waals surface area contributed by atoms with Crippen molar-refractivity contribution in [1.82, 2.24) is 20.1 Å². The van der Waals surface area contributed by atoms with Crippen molar-refractivity contribution in [3.05, 3.63) is 42.2 Å². The third-order valence-corrected chi connectivity index (χ3v) is 6.87. The number of aromatic nitrogens is 1. The number of benzene rings is 1. The molecule has 1 N–H and O–H groups in total. The van der Waals surface area contributed by atoms with E-state index in [1.54, 1.807) is 11.3 Å². The average molecular weight is 426 g/mol. The molecule has 0 radical (unpaired) electrons. The van der Waals surface area contributed by atoms with E-state index in [0.29, 0.717) is 12.6 Å². The molecule has 0 spiro atoms. The Morgan fingerprint density at radius 3 is 2.90 bits per heavy atom.